The van der Waals surface area contributed by atoms with Crippen molar-refractivity contribution in [2.24, 2.45) is 17.8 Å². The number of hydrogen-bond acceptors (Lipinski definition) is 2. The van der Waals surface area contributed by atoms with Crippen molar-refractivity contribution in [1.29, 1.82) is 0 Å². The highest BCUT2D eigenvalue weighted by Crippen LogP contribution is 2.44. The molecule has 0 radical (unpaired) electrons. The van der Waals surface area contributed by atoms with Crippen LogP contribution in [0.4, 0.5) is 0 Å². The van der Waals surface area contributed by atoms with Gasteiger partial charge in [0.1, 0.15) is 0 Å². The summed E-state index contributed by atoms with van der Waals surface area (Å²) in [5, 5.41) is 3.86. The quantitative estimate of drug-likeness (QED) is 0.642. The summed E-state index contributed by atoms with van der Waals surface area (Å²) in [5.41, 5.74) is 0. The average molecular weight is 252 g/mol. The van der Waals surface area contributed by atoms with Gasteiger partial charge in [0, 0.05) is 25.7 Å². The number of rotatable bonds is 10. The highest BCUT2D eigenvalue weighted by Gasteiger charge is 2.40. The lowest BCUT2D eigenvalue weighted by Crippen LogP contribution is -2.40. The van der Waals surface area contributed by atoms with E-state index in [-0.39, 0.29) is 0 Å². The van der Waals surface area contributed by atoms with E-state index >= 15 is 0 Å². The van der Waals surface area contributed by atoms with Crippen LogP contribution in [0.25, 0.3) is 0 Å². The molecule has 2 heteroatoms. The molecule has 0 aromatic heterocycles. The molecule has 18 heavy (non-hydrogen) atoms. The summed E-state index contributed by atoms with van der Waals surface area (Å²) in [6.07, 6.45) is 7.24. The summed E-state index contributed by atoms with van der Waals surface area (Å²) >= 11 is 0. The monoisotopic (exact) mass is 252 g/mol. The summed E-state index contributed by atoms with van der Waals surface area (Å²) in [6.45, 7) is 11.9. The van der Waals surface area contributed by atoms with Gasteiger partial charge in [0.05, 0.1) is 0 Å². The Kier molecular flexibility index (Phi) is 5.50. The third-order valence-electron chi connectivity index (χ3n) is 4.78. The second kappa shape index (κ2) is 6.91. The minimum Gasteiger partial charge on any atom is -0.312 e. The maximum absolute atomic E-state index is 3.86. The zero-order valence-electron chi connectivity index (χ0n) is 12.6. The summed E-state index contributed by atoms with van der Waals surface area (Å²) in [4.78, 5) is 2.61. The van der Waals surface area contributed by atoms with Crippen LogP contribution in [0.1, 0.15) is 52.9 Å². The highest BCUT2D eigenvalue weighted by atomic mass is 15.1. The Morgan fingerprint density at radius 3 is 2.17 bits per heavy atom. The minimum atomic E-state index is 0.840. The van der Waals surface area contributed by atoms with Crippen molar-refractivity contribution >= 4 is 0 Å². The number of nitrogens with zero attached hydrogens (tertiary/aromatic N) is 1. The van der Waals surface area contributed by atoms with E-state index in [1.807, 2.05) is 0 Å². The van der Waals surface area contributed by atoms with Crippen LogP contribution in [0.5, 0.6) is 0 Å². The molecular formula is C16H32N2. The fourth-order valence-electron chi connectivity index (χ4n) is 2.97. The van der Waals surface area contributed by atoms with Crippen LogP contribution in [-0.4, -0.2) is 37.1 Å². The van der Waals surface area contributed by atoms with E-state index in [2.05, 4.69) is 31.0 Å². The van der Waals surface area contributed by atoms with Crippen LogP contribution >= 0.6 is 0 Å². The van der Waals surface area contributed by atoms with Crippen LogP contribution in [0.15, 0.2) is 0 Å². The maximum atomic E-state index is 3.86. The van der Waals surface area contributed by atoms with Crippen LogP contribution in [-0.2, 0) is 0 Å². The van der Waals surface area contributed by atoms with Crippen molar-refractivity contribution in [2.45, 2.75) is 58.9 Å². The molecule has 2 rings (SSSR count). The lowest BCUT2D eigenvalue weighted by atomic mass is 10.1. The standard InChI is InChI=1S/C16H32N2/c1-4-13(3)12-18(5-2)11-10-17-16(14-6-7-14)15-8-9-15/h13-17H,4-12H2,1-3H3. The molecule has 0 heterocycles. The summed E-state index contributed by atoms with van der Waals surface area (Å²) in [7, 11) is 0. The van der Waals surface area contributed by atoms with Gasteiger partial charge in [-0.05, 0) is 50.0 Å². The fourth-order valence-corrected chi connectivity index (χ4v) is 2.97. The van der Waals surface area contributed by atoms with E-state index in [4.69, 9.17) is 0 Å². The van der Waals surface area contributed by atoms with Gasteiger partial charge < -0.3 is 10.2 Å². The summed E-state index contributed by atoms with van der Waals surface area (Å²) in [6, 6.07) is 0.868. The second-order valence-corrected chi connectivity index (χ2v) is 6.56. The first-order chi connectivity index (χ1) is 8.74. The second-order valence-electron chi connectivity index (χ2n) is 6.56. The number of nitrogens with one attached hydrogen (secondary N) is 1. The van der Waals surface area contributed by atoms with Crippen molar-refractivity contribution in [3.63, 3.8) is 0 Å². The smallest absolute Gasteiger partial charge is 0.0124 e. The lowest BCUT2D eigenvalue weighted by molar-refractivity contribution is 0.239. The molecule has 0 aliphatic heterocycles. The van der Waals surface area contributed by atoms with E-state index in [0.717, 1.165) is 23.8 Å². The van der Waals surface area contributed by atoms with E-state index in [9.17, 15) is 0 Å². The average Bonchev–Trinajstić information content (AvgIpc) is 3.25. The van der Waals surface area contributed by atoms with E-state index in [1.54, 1.807) is 0 Å². The molecule has 0 saturated heterocycles. The highest BCUT2D eigenvalue weighted by molar-refractivity contribution is 4.96. The molecule has 2 aliphatic carbocycles. The molecule has 0 aromatic carbocycles. The Balaban J connectivity index is 1.62. The SMILES string of the molecule is CCC(C)CN(CC)CCNC(C1CC1)C1CC1. The molecule has 2 saturated carbocycles. The van der Waals surface area contributed by atoms with Crippen molar-refractivity contribution in [3.05, 3.63) is 0 Å². The number of hydrogen-bond donors (Lipinski definition) is 1. The molecule has 2 nitrogen and oxygen atoms in total. The molecule has 1 atom stereocenters. The first-order valence-electron chi connectivity index (χ1n) is 8.20. The van der Waals surface area contributed by atoms with E-state index in [0.29, 0.717) is 0 Å². The normalized spacial score (nSPS) is 21.8. The molecule has 0 bridgehead atoms. The molecule has 2 fully saturated rings. The Morgan fingerprint density at radius 2 is 1.72 bits per heavy atom. The van der Waals surface area contributed by atoms with Gasteiger partial charge in [-0.15, -0.1) is 0 Å². The first-order valence-corrected chi connectivity index (χ1v) is 8.20. The van der Waals surface area contributed by atoms with Gasteiger partial charge in [0.15, 0.2) is 0 Å². The van der Waals surface area contributed by atoms with Gasteiger partial charge in [-0.2, -0.15) is 0 Å². The van der Waals surface area contributed by atoms with Gasteiger partial charge in [0.2, 0.25) is 0 Å². The Hall–Kier alpha value is -0.0800. The molecule has 0 spiro atoms. The predicted molar refractivity (Wildman–Crippen MR) is 78.8 cm³/mol. The van der Waals surface area contributed by atoms with Crippen molar-refractivity contribution in [3.8, 4) is 0 Å². The largest absolute Gasteiger partial charge is 0.312 e. The van der Waals surface area contributed by atoms with Crippen molar-refractivity contribution < 1.29 is 0 Å². The molecule has 1 unspecified atom stereocenters. The van der Waals surface area contributed by atoms with Crippen molar-refractivity contribution in [1.82, 2.24) is 10.2 Å². The van der Waals surface area contributed by atoms with Crippen molar-refractivity contribution in [2.75, 3.05) is 26.2 Å². The fraction of sp³-hybridized carbons (Fsp3) is 1.00. The Morgan fingerprint density at radius 1 is 1.11 bits per heavy atom. The van der Waals surface area contributed by atoms with E-state index < -0.39 is 0 Å². The van der Waals surface area contributed by atoms with Gasteiger partial charge in [-0.1, -0.05) is 27.2 Å². The Bertz CT molecular complexity index is 221. The van der Waals surface area contributed by atoms with Crippen LogP contribution in [0.2, 0.25) is 0 Å². The lowest BCUT2D eigenvalue weighted by Gasteiger charge is -2.25. The van der Waals surface area contributed by atoms with Crippen LogP contribution < -0.4 is 5.32 Å². The Labute approximate surface area is 114 Å². The van der Waals surface area contributed by atoms with Crippen LogP contribution in [0, 0.1) is 17.8 Å². The van der Waals surface area contributed by atoms with Gasteiger partial charge in [0.25, 0.3) is 0 Å². The molecular weight excluding hydrogens is 220 g/mol. The first kappa shape index (κ1) is 14.3. The van der Waals surface area contributed by atoms with Gasteiger partial charge >= 0.3 is 0 Å². The predicted octanol–water partition coefficient (Wildman–Crippen LogP) is 3.13. The molecule has 2 aliphatic rings. The third-order valence-corrected chi connectivity index (χ3v) is 4.78. The molecule has 0 amide bonds. The minimum absolute atomic E-state index is 0.840. The summed E-state index contributed by atoms with van der Waals surface area (Å²) < 4.78 is 0. The molecule has 1 N–H and O–H groups in total. The summed E-state index contributed by atoms with van der Waals surface area (Å²) in [5.74, 6) is 2.90. The zero-order chi connectivity index (χ0) is 13.0. The molecule has 106 valence electrons. The molecule has 0 aromatic rings. The van der Waals surface area contributed by atoms with E-state index in [1.165, 1.54) is 58.3 Å². The maximum Gasteiger partial charge on any atom is 0.0124 e. The topological polar surface area (TPSA) is 15.3 Å². The third kappa shape index (κ3) is 4.55. The zero-order valence-corrected chi connectivity index (χ0v) is 12.6. The van der Waals surface area contributed by atoms with Gasteiger partial charge in [-0.3, -0.25) is 0 Å². The van der Waals surface area contributed by atoms with Gasteiger partial charge in [-0.25, -0.2) is 0 Å². The number of likely N-dealkylation sites (N-methyl/N-ethyl adjacent to an activating group) is 1. The van der Waals surface area contributed by atoms with Crippen LogP contribution in [0.3, 0.4) is 0 Å².